The van der Waals surface area contributed by atoms with Crippen LogP contribution in [0.2, 0.25) is 0 Å². The summed E-state index contributed by atoms with van der Waals surface area (Å²) in [6.07, 6.45) is 2.42. The van der Waals surface area contributed by atoms with Gasteiger partial charge < -0.3 is 20.1 Å². The van der Waals surface area contributed by atoms with Gasteiger partial charge in [-0.05, 0) is 48.4 Å². The van der Waals surface area contributed by atoms with Crippen molar-refractivity contribution < 1.29 is 14.3 Å². The van der Waals surface area contributed by atoms with Crippen LogP contribution in [0.15, 0.2) is 66.9 Å². The van der Waals surface area contributed by atoms with Gasteiger partial charge in [0.15, 0.2) is 0 Å². The number of ether oxygens (including phenoxy) is 2. The zero-order valence-corrected chi connectivity index (χ0v) is 15.9. The molecule has 144 valence electrons. The van der Waals surface area contributed by atoms with Gasteiger partial charge in [0.2, 0.25) is 0 Å². The lowest BCUT2D eigenvalue weighted by Gasteiger charge is -2.10. The monoisotopic (exact) mass is 377 g/mol. The lowest BCUT2D eigenvalue weighted by atomic mass is 10.1. The Kier molecular flexibility index (Phi) is 6.46. The largest absolute Gasteiger partial charge is 0.497 e. The highest BCUT2D eigenvalue weighted by Gasteiger charge is 2.09. The van der Waals surface area contributed by atoms with Crippen LogP contribution in [0.1, 0.15) is 15.9 Å². The molecule has 2 N–H and O–H groups in total. The predicted octanol–water partition coefficient (Wildman–Crippen LogP) is 4.01. The fraction of sp³-hybridized carbons (Fsp3) is 0.182. The molecule has 0 aliphatic heterocycles. The van der Waals surface area contributed by atoms with Gasteiger partial charge in [-0.1, -0.05) is 24.3 Å². The molecule has 0 bridgehead atoms. The van der Waals surface area contributed by atoms with Gasteiger partial charge in [0, 0.05) is 12.7 Å². The molecule has 3 rings (SSSR count). The standard InChI is InChI=1S/C22H23N3O3/c1-27-18-10-7-16(8-11-18)13-14-23-21-12-9-17(15-24-21)22(26)25-19-5-3-4-6-20(19)28-2/h3-12,15H,13-14H2,1-2H3,(H,23,24)(H,25,26). The summed E-state index contributed by atoms with van der Waals surface area (Å²) in [6.45, 7) is 0.742. The van der Waals surface area contributed by atoms with Crippen LogP contribution in [-0.2, 0) is 6.42 Å². The van der Waals surface area contributed by atoms with Gasteiger partial charge in [-0.15, -0.1) is 0 Å². The second kappa shape index (κ2) is 9.41. The maximum absolute atomic E-state index is 12.4. The molecule has 3 aromatic rings. The molecule has 1 amide bonds. The van der Waals surface area contributed by atoms with E-state index in [2.05, 4.69) is 15.6 Å². The lowest BCUT2D eigenvalue weighted by molar-refractivity contribution is 0.102. The molecule has 0 saturated heterocycles. The summed E-state index contributed by atoms with van der Waals surface area (Å²) in [7, 11) is 3.22. The molecule has 0 spiro atoms. The van der Waals surface area contributed by atoms with E-state index in [4.69, 9.17) is 9.47 Å². The molecule has 1 aromatic heterocycles. The summed E-state index contributed by atoms with van der Waals surface area (Å²) in [5.41, 5.74) is 2.31. The Balaban J connectivity index is 1.53. The first-order chi connectivity index (χ1) is 13.7. The van der Waals surface area contributed by atoms with Crippen LogP contribution < -0.4 is 20.1 Å². The van der Waals surface area contributed by atoms with Gasteiger partial charge in [-0.2, -0.15) is 0 Å². The number of hydrogen-bond acceptors (Lipinski definition) is 5. The van der Waals surface area contributed by atoms with Crippen molar-refractivity contribution in [2.45, 2.75) is 6.42 Å². The number of methoxy groups -OCH3 is 2. The average molecular weight is 377 g/mol. The number of para-hydroxylation sites is 2. The van der Waals surface area contributed by atoms with Crippen LogP contribution in [0.4, 0.5) is 11.5 Å². The summed E-state index contributed by atoms with van der Waals surface area (Å²) < 4.78 is 10.4. The van der Waals surface area contributed by atoms with Crippen molar-refractivity contribution in [1.82, 2.24) is 4.98 Å². The second-order valence-electron chi connectivity index (χ2n) is 6.11. The number of carbonyl (C=O) groups excluding carboxylic acids is 1. The number of rotatable bonds is 8. The van der Waals surface area contributed by atoms with Gasteiger partial charge in [0.05, 0.1) is 25.5 Å². The fourth-order valence-corrected chi connectivity index (χ4v) is 2.70. The van der Waals surface area contributed by atoms with E-state index >= 15 is 0 Å². The van der Waals surface area contributed by atoms with Crippen LogP contribution in [0.5, 0.6) is 11.5 Å². The molecular weight excluding hydrogens is 354 g/mol. The lowest BCUT2D eigenvalue weighted by Crippen LogP contribution is -2.13. The van der Waals surface area contributed by atoms with Crippen LogP contribution in [0.3, 0.4) is 0 Å². The Hall–Kier alpha value is -3.54. The minimum absolute atomic E-state index is 0.234. The molecule has 0 aliphatic rings. The number of carbonyl (C=O) groups is 1. The topological polar surface area (TPSA) is 72.5 Å². The Morgan fingerprint density at radius 1 is 0.964 bits per heavy atom. The summed E-state index contributed by atoms with van der Waals surface area (Å²) in [5.74, 6) is 1.95. The molecular formula is C22H23N3O3. The fourth-order valence-electron chi connectivity index (χ4n) is 2.70. The Labute approximate surface area is 164 Å². The highest BCUT2D eigenvalue weighted by molar-refractivity contribution is 6.04. The number of hydrogen-bond donors (Lipinski definition) is 2. The molecule has 0 saturated carbocycles. The molecule has 2 aromatic carbocycles. The maximum atomic E-state index is 12.4. The zero-order chi connectivity index (χ0) is 19.8. The molecule has 1 heterocycles. The normalized spacial score (nSPS) is 10.2. The molecule has 6 heteroatoms. The molecule has 28 heavy (non-hydrogen) atoms. The first-order valence-electron chi connectivity index (χ1n) is 8.97. The molecule has 0 fully saturated rings. The van der Waals surface area contributed by atoms with E-state index in [1.807, 2.05) is 36.4 Å². The van der Waals surface area contributed by atoms with E-state index < -0.39 is 0 Å². The van der Waals surface area contributed by atoms with Crippen molar-refractivity contribution in [3.05, 3.63) is 78.0 Å². The van der Waals surface area contributed by atoms with Crippen molar-refractivity contribution in [3.63, 3.8) is 0 Å². The molecule has 6 nitrogen and oxygen atoms in total. The number of nitrogens with one attached hydrogen (secondary N) is 2. The Morgan fingerprint density at radius 2 is 1.75 bits per heavy atom. The minimum atomic E-state index is -0.234. The summed E-state index contributed by atoms with van der Waals surface area (Å²) >= 11 is 0. The summed E-state index contributed by atoms with van der Waals surface area (Å²) in [4.78, 5) is 16.7. The number of nitrogens with zero attached hydrogens (tertiary/aromatic N) is 1. The second-order valence-corrected chi connectivity index (χ2v) is 6.11. The maximum Gasteiger partial charge on any atom is 0.257 e. The van der Waals surface area contributed by atoms with E-state index in [0.29, 0.717) is 17.0 Å². The first kappa shape index (κ1) is 19.2. The third kappa shape index (κ3) is 5.01. The van der Waals surface area contributed by atoms with Crippen molar-refractivity contribution in [1.29, 1.82) is 0 Å². The molecule has 0 radical (unpaired) electrons. The van der Waals surface area contributed by atoms with Gasteiger partial charge in [-0.3, -0.25) is 4.79 Å². The number of anilines is 2. The van der Waals surface area contributed by atoms with Gasteiger partial charge in [-0.25, -0.2) is 4.98 Å². The zero-order valence-electron chi connectivity index (χ0n) is 15.9. The van der Waals surface area contributed by atoms with Gasteiger partial charge in [0.1, 0.15) is 17.3 Å². The summed E-state index contributed by atoms with van der Waals surface area (Å²) in [6, 6.07) is 18.8. The Bertz CT molecular complexity index is 909. The number of benzene rings is 2. The average Bonchev–Trinajstić information content (AvgIpc) is 2.75. The van der Waals surface area contributed by atoms with Crippen molar-refractivity contribution in [2.75, 3.05) is 31.4 Å². The quantitative estimate of drug-likeness (QED) is 0.621. The van der Waals surface area contributed by atoms with E-state index in [1.54, 1.807) is 44.7 Å². The molecule has 0 atom stereocenters. The number of amides is 1. The SMILES string of the molecule is COc1ccc(CCNc2ccc(C(=O)Nc3ccccc3OC)cn2)cc1. The van der Waals surface area contributed by atoms with Crippen LogP contribution in [0, 0.1) is 0 Å². The van der Waals surface area contributed by atoms with E-state index in [9.17, 15) is 4.79 Å². The highest BCUT2D eigenvalue weighted by Crippen LogP contribution is 2.23. The van der Waals surface area contributed by atoms with E-state index in [-0.39, 0.29) is 5.91 Å². The predicted molar refractivity (Wildman–Crippen MR) is 110 cm³/mol. The third-order valence-electron chi connectivity index (χ3n) is 4.26. The first-order valence-corrected chi connectivity index (χ1v) is 8.97. The van der Waals surface area contributed by atoms with E-state index in [1.165, 1.54) is 5.56 Å². The molecule has 0 aliphatic carbocycles. The van der Waals surface area contributed by atoms with E-state index in [0.717, 1.165) is 24.5 Å². The van der Waals surface area contributed by atoms with Crippen LogP contribution in [0.25, 0.3) is 0 Å². The Morgan fingerprint density at radius 3 is 2.43 bits per heavy atom. The van der Waals surface area contributed by atoms with Crippen LogP contribution in [-0.4, -0.2) is 31.7 Å². The highest BCUT2D eigenvalue weighted by atomic mass is 16.5. The number of pyridine rings is 1. The van der Waals surface area contributed by atoms with Crippen molar-refractivity contribution >= 4 is 17.4 Å². The van der Waals surface area contributed by atoms with Gasteiger partial charge >= 0.3 is 0 Å². The number of aromatic nitrogens is 1. The third-order valence-corrected chi connectivity index (χ3v) is 4.26. The van der Waals surface area contributed by atoms with Crippen molar-refractivity contribution in [3.8, 4) is 11.5 Å². The summed E-state index contributed by atoms with van der Waals surface area (Å²) in [5, 5.41) is 6.10. The minimum Gasteiger partial charge on any atom is -0.497 e. The smallest absolute Gasteiger partial charge is 0.257 e. The van der Waals surface area contributed by atoms with Crippen LogP contribution >= 0.6 is 0 Å². The molecule has 0 unspecified atom stereocenters. The van der Waals surface area contributed by atoms with Gasteiger partial charge in [0.25, 0.3) is 5.91 Å². The van der Waals surface area contributed by atoms with Crippen molar-refractivity contribution in [2.24, 2.45) is 0 Å².